The highest BCUT2D eigenvalue weighted by Crippen LogP contribution is 2.43. The van der Waals surface area contributed by atoms with E-state index in [1.165, 1.54) is 12.0 Å². The Morgan fingerprint density at radius 3 is 2.83 bits per heavy atom. The number of aliphatic carboxylic acids is 1. The molecule has 5 nitrogen and oxygen atoms in total. The molecule has 0 aromatic heterocycles. The van der Waals surface area contributed by atoms with Crippen LogP contribution in [-0.2, 0) is 9.59 Å². The van der Waals surface area contributed by atoms with E-state index in [9.17, 15) is 9.59 Å². The number of para-hydroxylation sites is 1. The zero-order valence-electron chi connectivity index (χ0n) is 10.0. The normalized spacial score (nSPS) is 18.1. The maximum atomic E-state index is 11.7. The second-order valence-electron chi connectivity index (χ2n) is 3.96. The lowest BCUT2D eigenvalue weighted by atomic mass is 10.2. The molecule has 18 heavy (non-hydrogen) atoms. The van der Waals surface area contributed by atoms with E-state index in [1.807, 2.05) is 19.1 Å². The van der Waals surface area contributed by atoms with Gasteiger partial charge in [0.25, 0.3) is 0 Å². The van der Waals surface area contributed by atoms with E-state index in [-0.39, 0.29) is 5.25 Å². The summed E-state index contributed by atoms with van der Waals surface area (Å²) in [5, 5.41) is 9.02. The average Bonchev–Trinajstić information content (AvgIpc) is 2.35. The minimum atomic E-state index is -1.45. The van der Waals surface area contributed by atoms with Crippen molar-refractivity contribution in [2.24, 2.45) is 0 Å². The maximum absolute atomic E-state index is 11.7. The number of carbonyl (C=O) groups excluding carboxylic acids is 1. The molecule has 0 bridgehead atoms. The zero-order valence-corrected chi connectivity index (χ0v) is 10.9. The second kappa shape index (κ2) is 4.89. The summed E-state index contributed by atoms with van der Waals surface area (Å²) in [6.45, 7) is 2.32. The van der Waals surface area contributed by atoms with Crippen molar-refractivity contribution in [1.29, 1.82) is 0 Å². The van der Waals surface area contributed by atoms with Gasteiger partial charge in [0.2, 0.25) is 0 Å². The van der Waals surface area contributed by atoms with E-state index in [0.717, 1.165) is 4.90 Å². The third-order valence-corrected chi connectivity index (χ3v) is 3.78. The molecule has 1 heterocycles. The quantitative estimate of drug-likeness (QED) is 0.783. The first-order valence-corrected chi connectivity index (χ1v) is 6.31. The summed E-state index contributed by atoms with van der Waals surface area (Å²) in [6, 6.07) is 5.41. The van der Waals surface area contributed by atoms with Gasteiger partial charge in [-0.25, -0.2) is 4.79 Å². The molecule has 0 saturated heterocycles. The Morgan fingerprint density at radius 2 is 2.22 bits per heavy atom. The molecule has 1 atom stereocenters. The highest BCUT2D eigenvalue weighted by atomic mass is 32.2. The number of anilines is 1. The molecular formula is C12H13NO4S. The molecule has 6 heteroatoms. The summed E-state index contributed by atoms with van der Waals surface area (Å²) in [4.78, 5) is 24.8. The van der Waals surface area contributed by atoms with Gasteiger partial charge in [-0.05, 0) is 12.1 Å². The highest BCUT2D eigenvalue weighted by molar-refractivity contribution is 8.00. The number of hydrogen-bond acceptors (Lipinski definition) is 4. The predicted octanol–water partition coefficient (Wildman–Crippen LogP) is 1.61. The summed E-state index contributed by atoms with van der Waals surface area (Å²) >= 11 is 1.61. The molecule has 0 fully saturated rings. The Hall–Kier alpha value is -1.69. The van der Waals surface area contributed by atoms with Crippen molar-refractivity contribution in [2.45, 2.75) is 17.1 Å². The largest absolute Gasteiger partial charge is 0.495 e. The molecular weight excluding hydrogens is 254 g/mol. The summed E-state index contributed by atoms with van der Waals surface area (Å²) < 4.78 is 5.21. The van der Waals surface area contributed by atoms with Gasteiger partial charge >= 0.3 is 11.9 Å². The van der Waals surface area contributed by atoms with Crippen molar-refractivity contribution < 1.29 is 19.4 Å². The minimum Gasteiger partial charge on any atom is -0.495 e. The molecule has 2 rings (SSSR count). The Labute approximate surface area is 109 Å². The minimum absolute atomic E-state index is 0.146. The van der Waals surface area contributed by atoms with Crippen molar-refractivity contribution in [2.75, 3.05) is 18.6 Å². The lowest BCUT2D eigenvalue weighted by molar-refractivity contribution is -0.148. The Balaban J connectivity index is 2.52. The second-order valence-corrected chi connectivity index (χ2v) is 5.44. The molecule has 1 aromatic carbocycles. The molecule has 1 N–H and O–H groups in total. The molecule has 0 spiro atoms. The smallest absolute Gasteiger partial charge is 0.394 e. The van der Waals surface area contributed by atoms with Gasteiger partial charge in [-0.15, -0.1) is 11.8 Å². The fraction of sp³-hybridized carbons (Fsp3) is 0.333. The average molecular weight is 267 g/mol. The van der Waals surface area contributed by atoms with Crippen molar-refractivity contribution >= 4 is 29.3 Å². The number of methoxy groups -OCH3 is 1. The molecule has 0 aliphatic carbocycles. The fourth-order valence-electron chi connectivity index (χ4n) is 1.93. The summed E-state index contributed by atoms with van der Waals surface area (Å²) in [5.41, 5.74) is 0.551. The SMILES string of the molecule is COc1cccc2c1N(C(=O)C(=O)O)CC(C)S2. The van der Waals surface area contributed by atoms with Crippen LogP contribution in [0.15, 0.2) is 23.1 Å². The van der Waals surface area contributed by atoms with Crippen LogP contribution in [0.25, 0.3) is 0 Å². The lowest BCUT2D eigenvalue weighted by Crippen LogP contribution is -2.42. The first-order valence-electron chi connectivity index (χ1n) is 5.43. The fourth-order valence-corrected chi connectivity index (χ4v) is 3.07. The van der Waals surface area contributed by atoms with Crippen molar-refractivity contribution in [1.82, 2.24) is 0 Å². The first kappa shape index (κ1) is 12.8. The van der Waals surface area contributed by atoms with Gasteiger partial charge in [-0.1, -0.05) is 13.0 Å². The van der Waals surface area contributed by atoms with Crippen LogP contribution in [0, 0.1) is 0 Å². The number of carbonyl (C=O) groups is 2. The number of carboxylic acid groups (broad SMARTS) is 1. The van der Waals surface area contributed by atoms with Gasteiger partial charge in [0.1, 0.15) is 11.4 Å². The van der Waals surface area contributed by atoms with Gasteiger partial charge in [0, 0.05) is 16.7 Å². The van der Waals surface area contributed by atoms with Gasteiger partial charge < -0.3 is 9.84 Å². The number of thioether (sulfide) groups is 1. The van der Waals surface area contributed by atoms with Crippen molar-refractivity contribution in [3.63, 3.8) is 0 Å². The molecule has 1 aromatic rings. The van der Waals surface area contributed by atoms with Crippen LogP contribution in [-0.4, -0.2) is 35.9 Å². The third-order valence-electron chi connectivity index (χ3n) is 2.65. The topological polar surface area (TPSA) is 66.8 Å². The van der Waals surface area contributed by atoms with E-state index in [4.69, 9.17) is 9.84 Å². The Bertz CT molecular complexity index is 503. The molecule has 1 aliphatic rings. The van der Waals surface area contributed by atoms with E-state index in [0.29, 0.717) is 18.0 Å². The van der Waals surface area contributed by atoms with Crippen LogP contribution in [0.4, 0.5) is 5.69 Å². The first-order chi connectivity index (χ1) is 8.54. The standard InChI is InChI=1S/C12H13NO4S/c1-7-6-13(11(14)12(15)16)10-8(17-2)4-3-5-9(10)18-7/h3-5,7H,6H2,1-2H3,(H,15,16). The van der Waals surface area contributed by atoms with Gasteiger partial charge in [-0.2, -0.15) is 0 Å². The van der Waals surface area contributed by atoms with E-state index in [2.05, 4.69) is 0 Å². The van der Waals surface area contributed by atoms with E-state index in [1.54, 1.807) is 17.8 Å². The number of fused-ring (bicyclic) bond motifs is 1. The zero-order chi connectivity index (χ0) is 13.3. The van der Waals surface area contributed by atoms with Crippen molar-refractivity contribution in [3.05, 3.63) is 18.2 Å². The third kappa shape index (κ3) is 2.15. The van der Waals surface area contributed by atoms with Gasteiger partial charge in [0.05, 0.1) is 7.11 Å². The number of hydrogen-bond donors (Lipinski definition) is 1. The van der Waals surface area contributed by atoms with Crippen LogP contribution < -0.4 is 9.64 Å². The predicted molar refractivity (Wildman–Crippen MR) is 68.3 cm³/mol. The van der Waals surface area contributed by atoms with Crippen LogP contribution in [0.5, 0.6) is 5.75 Å². The Morgan fingerprint density at radius 1 is 1.50 bits per heavy atom. The van der Waals surface area contributed by atoms with Crippen LogP contribution >= 0.6 is 11.8 Å². The number of nitrogens with zero attached hydrogens (tertiary/aromatic N) is 1. The Kier molecular flexibility index (Phi) is 3.47. The number of carboxylic acids is 1. The van der Waals surface area contributed by atoms with Crippen LogP contribution in [0.2, 0.25) is 0 Å². The van der Waals surface area contributed by atoms with Gasteiger partial charge in [-0.3, -0.25) is 9.69 Å². The molecule has 0 saturated carbocycles. The van der Waals surface area contributed by atoms with Crippen molar-refractivity contribution in [3.8, 4) is 5.75 Å². The number of benzene rings is 1. The number of amides is 1. The van der Waals surface area contributed by atoms with E-state index < -0.39 is 11.9 Å². The number of rotatable bonds is 1. The van der Waals surface area contributed by atoms with Crippen LogP contribution in [0.3, 0.4) is 0 Å². The summed E-state index contributed by atoms with van der Waals surface area (Å²) in [7, 11) is 1.50. The molecule has 96 valence electrons. The summed E-state index contributed by atoms with van der Waals surface area (Å²) in [6.07, 6.45) is 0. The van der Waals surface area contributed by atoms with Gasteiger partial charge in [0.15, 0.2) is 0 Å². The highest BCUT2D eigenvalue weighted by Gasteiger charge is 2.32. The number of ether oxygens (including phenoxy) is 1. The van der Waals surface area contributed by atoms with E-state index >= 15 is 0 Å². The monoisotopic (exact) mass is 267 g/mol. The van der Waals surface area contributed by atoms with Crippen LogP contribution in [0.1, 0.15) is 6.92 Å². The maximum Gasteiger partial charge on any atom is 0.394 e. The molecule has 1 amide bonds. The molecule has 1 aliphatic heterocycles. The lowest BCUT2D eigenvalue weighted by Gasteiger charge is -2.32. The summed E-state index contributed by atoms with van der Waals surface area (Å²) in [5.74, 6) is -1.86. The molecule has 0 radical (unpaired) electrons. The molecule has 1 unspecified atom stereocenters.